The van der Waals surface area contributed by atoms with Crippen LogP contribution < -0.4 is 0 Å². The molecule has 0 aliphatic carbocycles. The van der Waals surface area contributed by atoms with E-state index in [-0.39, 0.29) is 6.10 Å². The van der Waals surface area contributed by atoms with Crippen molar-refractivity contribution in [3.8, 4) is 0 Å². The fourth-order valence-corrected chi connectivity index (χ4v) is 1.82. The van der Waals surface area contributed by atoms with Gasteiger partial charge in [-0.15, -0.1) is 0 Å². The van der Waals surface area contributed by atoms with E-state index in [0.717, 1.165) is 5.56 Å². The van der Waals surface area contributed by atoms with E-state index < -0.39 is 11.1 Å². The van der Waals surface area contributed by atoms with Gasteiger partial charge >= 0.3 is 0 Å². The van der Waals surface area contributed by atoms with Crippen LogP contribution in [0.2, 0.25) is 0 Å². The number of hydrogen-bond acceptors (Lipinski definition) is 3. The highest BCUT2D eigenvalue weighted by molar-refractivity contribution is 7.80. The van der Waals surface area contributed by atoms with Crippen molar-refractivity contribution < 1.29 is 13.1 Å². The standard InChI is InChI=1S/C12H18O3S/c1-10(2)14-8-9-15-16(13)12-6-4-11(3)5-7-12/h4-7,10H,8-9H2,1-3H3. The first-order chi connectivity index (χ1) is 7.59. The van der Waals surface area contributed by atoms with Crippen LogP contribution in [-0.2, 0) is 20.0 Å². The fourth-order valence-electron chi connectivity index (χ4n) is 1.11. The third kappa shape index (κ3) is 4.88. The van der Waals surface area contributed by atoms with Crippen molar-refractivity contribution in [1.29, 1.82) is 0 Å². The van der Waals surface area contributed by atoms with Crippen LogP contribution in [0.5, 0.6) is 0 Å². The second kappa shape index (κ2) is 6.78. The normalized spacial score (nSPS) is 13.0. The first-order valence-corrected chi connectivity index (χ1v) is 6.40. The number of benzene rings is 1. The Morgan fingerprint density at radius 3 is 2.38 bits per heavy atom. The van der Waals surface area contributed by atoms with Crippen LogP contribution in [0.4, 0.5) is 0 Å². The zero-order valence-corrected chi connectivity index (χ0v) is 10.8. The molecule has 1 aromatic rings. The lowest BCUT2D eigenvalue weighted by Crippen LogP contribution is -2.10. The smallest absolute Gasteiger partial charge is 0.189 e. The molecule has 0 fully saturated rings. The molecule has 0 amide bonds. The molecule has 0 radical (unpaired) electrons. The fraction of sp³-hybridized carbons (Fsp3) is 0.500. The maximum atomic E-state index is 11.6. The molecule has 0 aliphatic heterocycles. The Morgan fingerprint density at radius 1 is 1.19 bits per heavy atom. The quantitative estimate of drug-likeness (QED) is 0.719. The second-order valence-corrected chi connectivity index (χ2v) is 4.97. The largest absolute Gasteiger partial charge is 0.376 e. The lowest BCUT2D eigenvalue weighted by Gasteiger charge is -2.07. The number of ether oxygens (including phenoxy) is 1. The molecule has 4 heteroatoms. The highest BCUT2D eigenvalue weighted by atomic mass is 32.2. The molecule has 0 aromatic heterocycles. The summed E-state index contributed by atoms with van der Waals surface area (Å²) in [6, 6.07) is 7.46. The van der Waals surface area contributed by atoms with E-state index in [9.17, 15) is 4.21 Å². The van der Waals surface area contributed by atoms with Gasteiger partial charge in [-0.2, -0.15) is 0 Å². The number of aryl methyl sites for hydroxylation is 1. The van der Waals surface area contributed by atoms with E-state index in [0.29, 0.717) is 18.1 Å². The summed E-state index contributed by atoms with van der Waals surface area (Å²) in [5.74, 6) is 0. The molecule has 0 heterocycles. The van der Waals surface area contributed by atoms with Gasteiger partial charge in [0.1, 0.15) is 0 Å². The molecule has 1 unspecified atom stereocenters. The molecule has 90 valence electrons. The van der Waals surface area contributed by atoms with Gasteiger partial charge in [0, 0.05) is 0 Å². The van der Waals surface area contributed by atoms with Gasteiger partial charge in [0.25, 0.3) is 0 Å². The molecule has 0 N–H and O–H groups in total. The Labute approximate surface area is 99.4 Å². The van der Waals surface area contributed by atoms with E-state index in [4.69, 9.17) is 8.92 Å². The average Bonchev–Trinajstić information content (AvgIpc) is 2.25. The summed E-state index contributed by atoms with van der Waals surface area (Å²) in [5.41, 5.74) is 1.14. The van der Waals surface area contributed by atoms with Gasteiger partial charge in [-0.05, 0) is 32.9 Å². The first kappa shape index (κ1) is 13.4. The summed E-state index contributed by atoms with van der Waals surface area (Å²) >= 11 is -1.39. The topological polar surface area (TPSA) is 35.5 Å². The minimum atomic E-state index is -1.39. The zero-order valence-electron chi connectivity index (χ0n) is 9.93. The molecule has 1 aromatic carbocycles. The van der Waals surface area contributed by atoms with E-state index in [1.165, 1.54) is 0 Å². The zero-order chi connectivity index (χ0) is 12.0. The summed E-state index contributed by atoms with van der Waals surface area (Å²) < 4.78 is 22.1. The molecule has 16 heavy (non-hydrogen) atoms. The van der Waals surface area contributed by atoms with E-state index in [1.54, 1.807) is 0 Å². The minimum Gasteiger partial charge on any atom is -0.376 e. The number of hydrogen-bond donors (Lipinski definition) is 0. The second-order valence-electron chi connectivity index (χ2n) is 3.79. The van der Waals surface area contributed by atoms with Crippen molar-refractivity contribution in [2.75, 3.05) is 13.2 Å². The predicted molar refractivity (Wildman–Crippen MR) is 64.6 cm³/mol. The Kier molecular flexibility index (Phi) is 5.66. The first-order valence-electron chi connectivity index (χ1n) is 5.33. The predicted octanol–water partition coefficient (Wildman–Crippen LogP) is 2.46. The molecule has 0 bridgehead atoms. The summed E-state index contributed by atoms with van der Waals surface area (Å²) in [4.78, 5) is 0.690. The Morgan fingerprint density at radius 2 is 1.81 bits per heavy atom. The van der Waals surface area contributed by atoms with Crippen LogP contribution >= 0.6 is 0 Å². The van der Waals surface area contributed by atoms with E-state index in [2.05, 4.69) is 0 Å². The maximum absolute atomic E-state index is 11.6. The SMILES string of the molecule is Cc1ccc(S(=O)OCCOC(C)C)cc1. The highest BCUT2D eigenvalue weighted by Gasteiger charge is 2.04. The number of rotatable bonds is 6. The Hall–Kier alpha value is -0.710. The average molecular weight is 242 g/mol. The molecule has 0 saturated carbocycles. The van der Waals surface area contributed by atoms with Crippen molar-refractivity contribution in [1.82, 2.24) is 0 Å². The van der Waals surface area contributed by atoms with Crippen LogP contribution in [0.1, 0.15) is 19.4 Å². The van der Waals surface area contributed by atoms with Crippen molar-refractivity contribution in [2.45, 2.75) is 31.8 Å². The van der Waals surface area contributed by atoms with Gasteiger partial charge in [-0.25, -0.2) is 4.21 Å². The Bertz CT molecular complexity index is 333. The van der Waals surface area contributed by atoms with E-state index >= 15 is 0 Å². The van der Waals surface area contributed by atoms with Gasteiger partial charge in [0.2, 0.25) is 0 Å². The third-order valence-corrected chi connectivity index (χ3v) is 2.98. The van der Waals surface area contributed by atoms with E-state index in [1.807, 2.05) is 45.0 Å². The summed E-state index contributed by atoms with van der Waals surface area (Å²) in [5, 5.41) is 0. The molecule has 0 saturated heterocycles. The summed E-state index contributed by atoms with van der Waals surface area (Å²) in [6.45, 7) is 6.71. The summed E-state index contributed by atoms with van der Waals surface area (Å²) in [6.07, 6.45) is 0.177. The molecule has 3 nitrogen and oxygen atoms in total. The van der Waals surface area contributed by atoms with Crippen LogP contribution in [0, 0.1) is 6.92 Å². The van der Waals surface area contributed by atoms with Crippen molar-refractivity contribution in [3.05, 3.63) is 29.8 Å². The van der Waals surface area contributed by atoms with Crippen LogP contribution in [-0.4, -0.2) is 23.5 Å². The maximum Gasteiger partial charge on any atom is 0.189 e. The van der Waals surface area contributed by atoms with Crippen LogP contribution in [0.15, 0.2) is 29.2 Å². The minimum absolute atomic E-state index is 0.177. The third-order valence-electron chi connectivity index (χ3n) is 1.94. The molecular weight excluding hydrogens is 224 g/mol. The molecule has 1 atom stereocenters. The van der Waals surface area contributed by atoms with Gasteiger partial charge < -0.3 is 4.74 Å². The Balaban J connectivity index is 2.32. The van der Waals surface area contributed by atoms with Gasteiger partial charge in [-0.1, -0.05) is 17.7 Å². The van der Waals surface area contributed by atoms with Crippen molar-refractivity contribution in [2.24, 2.45) is 0 Å². The summed E-state index contributed by atoms with van der Waals surface area (Å²) in [7, 11) is 0. The molecular formula is C12H18O3S. The van der Waals surface area contributed by atoms with Crippen molar-refractivity contribution >= 4 is 11.1 Å². The van der Waals surface area contributed by atoms with Crippen molar-refractivity contribution in [3.63, 3.8) is 0 Å². The lowest BCUT2D eigenvalue weighted by molar-refractivity contribution is 0.0581. The molecule has 0 spiro atoms. The molecule has 1 rings (SSSR count). The van der Waals surface area contributed by atoms with Gasteiger partial charge in [0.15, 0.2) is 11.1 Å². The van der Waals surface area contributed by atoms with Gasteiger partial charge in [-0.3, -0.25) is 4.18 Å². The lowest BCUT2D eigenvalue weighted by atomic mass is 10.2. The monoisotopic (exact) mass is 242 g/mol. The van der Waals surface area contributed by atoms with Crippen LogP contribution in [0.25, 0.3) is 0 Å². The highest BCUT2D eigenvalue weighted by Crippen LogP contribution is 2.09. The van der Waals surface area contributed by atoms with Gasteiger partial charge in [0.05, 0.1) is 24.2 Å². The molecule has 0 aliphatic rings. The van der Waals surface area contributed by atoms with Crippen LogP contribution in [0.3, 0.4) is 0 Å².